The monoisotopic (exact) mass is 425 g/mol. The first-order chi connectivity index (χ1) is 15.2. The van der Waals surface area contributed by atoms with Gasteiger partial charge in [0.15, 0.2) is 0 Å². The molecule has 4 rings (SSSR count). The van der Waals surface area contributed by atoms with Crippen LogP contribution < -0.4 is 19.1 Å². The number of methoxy groups -OCH3 is 3. The fourth-order valence-electron chi connectivity index (χ4n) is 4.83. The average Bonchev–Trinajstić information content (AvgIpc) is 2.84. The van der Waals surface area contributed by atoms with E-state index in [2.05, 4.69) is 39.0 Å². The Bertz CT molecular complexity index is 812. The molecule has 168 valence electrons. The normalized spacial score (nSPS) is 20.5. The van der Waals surface area contributed by atoms with Crippen LogP contribution in [0.4, 0.5) is 5.69 Å². The van der Waals surface area contributed by atoms with Gasteiger partial charge in [-0.3, -0.25) is 9.80 Å². The maximum atomic E-state index is 5.44. The Kier molecular flexibility index (Phi) is 7.20. The molecule has 2 aliphatic heterocycles. The molecule has 0 unspecified atom stereocenters. The second kappa shape index (κ2) is 10.2. The summed E-state index contributed by atoms with van der Waals surface area (Å²) in [5, 5.41) is 0. The minimum Gasteiger partial charge on any atom is -0.497 e. The molecule has 2 aromatic rings. The number of ether oxygens (including phenoxy) is 3. The lowest BCUT2D eigenvalue weighted by atomic mass is 10.0. The van der Waals surface area contributed by atoms with Crippen LogP contribution in [0.15, 0.2) is 42.5 Å². The van der Waals surface area contributed by atoms with E-state index in [0.29, 0.717) is 6.04 Å². The van der Waals surface area contributed by atoms with E-state index in [1.54, 1.807) is 21.3 Å². The van der Waals surface area contributed by atoms with E-state index in [4.69, 9.17) is 14.2 Å². The van der Waals surface area contributed by atoms with Gasteiger partial charge in [0.05, 0.1) is 21.3 Å². The molecule has 6 nitrogen and oxygen atoms in total. The van der Waals surface area contributed by atoms with Gasteiger partial charge in [0.25, 0.3) is 0 Å². The lowest BCUT2D eigenvalue weighted by Gasteiger charge is -2.44. The van der Waals surface area contributed by atoms with Crippen LogP contribution in [-0.2, 0) is 6.54 Å². The van der Waals surface area contributed by atoms with Crippen LogP contribution in [0.5, 0.6) is 17.2 Å². The Morgan fingerprint density at radius 3 is 2.03 bits per heavy atom. The summed E-state index contributed by atoms with van der Waals surface area (Å²) < 4.78 is 16.2. The van der Waals surface area contributed by atoms with Crippen molar-refractivity contribution in [2.45, 2.75) is 25.4 Å². The van der Waals surface area contributed by atoms with Gasteiger partial charge in [-0.2, -0.15) is 0 Å². The highest BCUT2D eigenvalue weighted by atomic mass is 16.5. The third-order valence-electron chi connectivity index (χ3n) is 6.57. The summed E-state index contributed by atoms with van der Waals surface area (Å²) in [6.07, 6.45) is 2.55. The SMILES string of the molecule is COc1ccc(N2CCN([C@@H]3CCCN(Cc4cc(OC)cc(OC)c4)C3)CC2)cc1. The quantitative estimate of drug-likeness (QED) is 0.676. The van der Waals surface area contributed by atoms with Crippen LogP contribution >= 0.6 is 0 Å². The molecule has 31 heavy (non-hydrogen) atoms. The molecule has 2 aromatic carbocycles. The van der Waals surface area contributed by atoms with Crippen LogP contribution in [0.1, 0.15) is 18.4 Å². The van der Waals surface area contributed by atoms with E-state index in [9.17, 15) is 0 Å². The van der Waals surface area contributed by atoms with Gasteiger partial charge in [-0.05, 0) is 61.3 Å². The highest BCUT2D eigenvalue weighted by molar-refractivity contribution is 5.49. The minimum atomic E-state index is 0.638. The fourth-order valence-corrected chi connectivity index (χ4v) is 4.83. The van der Waals surface area contributed by atoms with Gasteiger partial charge in [0.1, 0.15) is 17.2 Å². The molecule has 0 bridgehead atoms. The second-order valence-electron chi connectivity index (χ2n) is 8.47. The third-order valence-corrected chi connectivity index (χ3v) is 6.57. The van der Waals surface area contributed by atoms with Crippen molar-refractivity contribution < 1.29 is 14.2 Å². The van der Waals surface area contributed by atoms with Crippen molar-refractivity contribution in [3.63, 3.8) is 0 Å². The van der Waals surface area contributed by atoms with E-state index in [1.165, 1.54) is 24.1 Å². The molecular weight excluding hydrogens is 390 g/mol. The molecule has 0 saturated carbocycles. The van der Waals surface area contributed by atoms with Gasteiger partial charge in [0, 0.05) is 57.1 Å². The number of piperazine rings is 1. The number of anilines is 1. The van der Waals surface area contributed by atoms with Crippen LogP contribution in [0.25, 0.3) is 0 Å². The smallest absolute Gasteiger partial charge is 0.122 e. The topological polar surface area (TPSA) is 37.4 Å². The number of rotatable bonds is 7. The van der Waals surface area contributed by atoms with Crippen LogP contribution in [0, 0.1) is 0 Å². The first kappa shape index (κ1) is 21.8. The van der Waals surface area contributed by atoms with Crippen molar-refractivity contribution in [3.8, 4) is 17.2 Å². The van der Waals surface area contributed by atoms with E-state index in [1.807, 2.05) is 18.2 Å². The summed E-state index contributed by atoms with van der Waals surface area (Å²) in [5.41, 5.74) is 2.54. The number of hydrogen-bond donors (Lipinski definition) is 0. The zero-order chi connectivity index (χ0) is 21.6. The van der Waals surface area contributed by atoms with Gasteiger partial charge in [0.2, 0.25) is 0 Å². The molecule has 2 fully saturated rings. The summed E-state index contributed by atoms with van der Waals surface area (Å²) in [4.78, 5) is 7.76. The molecule has 0 spiro atoms. The Labute approximate surface area is 186 Å². The standard InChI is InChI=1S/C25H35N3O3/c1-29-23-8-6-21(7-9-23)27-11-13-28(14-12-27)22-5-4-10-26(19-22)18-20-15-24(30-2)17-25(16-20)31-3/h6-9,15-17,22H,4-5,10-14,18-19H2,1-3H3/t22-/m1/s1. The summed E-state index contributed by atoms with van der Waals surface area (Å²) in [6.45, 7) is 7.63. The number of hydrogen-bond acceptors (Lipinski definition) is 6. The number of benzene rings is 2. The first-order valence-corrected chi connectivity index (χ1v) is 11.3. The molecule has 0 amide bonds. The van der Waals surface area contributed by atoms with Gasteiger partial charge in [-0.1, -0.05) is 0 Å². The summed E-state index contributed by atoms with van der Waals surface area (Å²) >= 11 is 0. The summed E-state index contributed by atoms with van der Waals surface area (Å²) in [6, 6.07) is 15.3. The lowest BCUT2D eigenvalue weighted by Crippen LogP contribution is -2.55. The molecular formula is C25H35N3O3. The van der Waals surface area contributed by atoms with E-state index < -0.39 is 0 Å². The molecule has 2 heterocycles. The van der Waals surface area contributed by atoms with Crippen molar-refractivity contribution >= 4 is 5.69 Å². The highest BCUT2D eigenvalue weighted by Gasteiger charge is 2.28. The van der Waals surface area contributed by atoms with Crippen LogP contribution in [0.3, 0.4) is 0 Å². The number of piperidine rings is 1. The van der Waals surface area contributed by atoms with Crippen molar-refractivity contribution in [1.29, 1.82) is 0 Å². The molecule has 2 saturated heterocycles. The van der Waals surface area contributed by atoms with Gasteiger partial charge in [-0.15, -0.1) is 0 Å². The van der Waals surface area contributed by atoms with Gasteiger partial charge in [-0.25, -0.2) is 0 Å². The van der Waals surface area contributed by atoms with Crippen LogP contribution in [-0.4, -0.2) is 76.4 Å². The molecule has 2 aliphatic rings. The maximum absolute atomic E-state index is 5.44. The second-order valence-corrected chi connectivity index (χ2v) is 8.47. The van der Waals surface area contributed by atoms with Crippen LogP contribution in [0.2, 0.25) is 0 Å². The maximum Gasteiger partial charge on any atom is 0.122 e. The zero-order valence-corrected chi connectivity index (χ0v) is 19.0. The summed E-state index contributed by atoms with van der Waals surface area (Å²) in [7, 11) is 5.13. The molecule has 0 radical (unpaired) electrons. The third kappa shape index (κ3) is 5.43. The molecule has 0 N–H and O–H groups in total. The minimum absolute atomic E-state index is 0.638. The van der Waals surface area contributed by atoms with E-state index >= 15 is 0 Å². The molecule has 0 aliphatic carbocycles. The summed E-state index contributed by atoms with van der Waals surface area (Å²) in [5.74, 6) is 2.63. The van der Waals surface area contributed by atoms with Gasteiger partial charge >= 0.3 is 0 Å². The van der Waals surface area contributed by atoms with Crippen molar-refractivity contribution in [2.24, 2.45) is 0 Å². The Morgan fingerprint density at radius 2 is 1.42 bits per heavy atom. The highest BCUT2D eigenvalue weighted by Crippen LogP contribution is 2.26. The Morgan fingerprint density at radius 1 is 0.774 bits per heavy atom. The molecule has 0 aromatic heterocycles. The molecule has 1 atom stereocenters. The first-order valence-electron chi connectivity index (χ1n) is 11.3. The van der Waals surface area contributed by atoms with E-state index in [-0.39, 0.29) is 0 Å². The Hall–Kier alpha value is -2.44. The predicted octanol–water partition coefficient (Wildman–Crippen LogP) is 3.50. The van der Waals surface area contributed by atoms with Crippen molar-refractivity contribution in [2.75, 3.05) is 65.5 Å². The van der Waals surface area contributed by atoms with Gasteiger partial charge < -0.3 is 19.1 Å². The van der Waals surface area contributed by atoms with Crippen molar-refractivity contribution in [1.82, 2.24) is 9.80 Å². The zero-order valence-electron chi connectivity index (χ0n) is 19.0. The Balaban J connectivity index is 1.32. The lowest BCUT2D eigenvalue weighted by molar-refractivity contribution is 0.0887. The molecule has 6 heteroatoms. The average molecular weight is 426 g/mol. The van der Waals surface area contributed by atoms with E-state index in [0.717, 1.165) is 63.1 Å². The largest absolute Gasteiger partial charge is 0.497 e. The number of nitrogens with zero attached hydrogens (tertiary/aromatic N) is 3. The fraction of sp³-hybridized carbons (Fsp3) is 0.520. The predicted molar refractivity (Wildman–Crippen MR) is 125 cm³/mol. The number of likely N-dealkylation sites (tertiary alicyclic amines) is 1. The van der Waals surface area contributed by atoms with Crippen molar-refractivity contribution in [3.05, 3.63) is 48.0 Å².